The Balaban J connectivity index is 1.20. The lowest BCUT2D eigenvalue weighted by molar-refractivity contribution is -0.155. The summed E-state index contributed by atoms with van der Waals surface area (Å²) in [7, 11) is 1.47. The molecule has 0 unspecified atom stereocenters. The fraction of sp³-hybridized carbons (Fsp3) is 0.939. The molecule has 0 radical (unpaired) electrons. The molecule has 4 fully saturated rings. The van der Waals surface area contributed by atoms with Crippen molar-refractivity contribution in [3.63, 3.8) is 0 Å². The largest absolute Gasteiger partial charge is 0.469 e. The van der Waals surface area contributed by atoms with Gasteiger partial charge in [-0.1, -0.05) is 38.5 Å². The van der Waals surface area contributed by atoms with E-state index >= 15 is 0 Å². The van der Waals surface area contributed by atoms with Crippen LogP contribution >= 0.6 is 0 Å². The molecule has 1 aliphatic heterocycles. The molecule has 5 nitrogen and oxygen atoms in total. The van der Waals surface area contributed by atoms with Crippen molar-refractivity contribution in [2.24, 2.45) is 35.0 Å². The lowest BCUT2D eigenvalue weighted by atomic mass is 9.59. The van der Waals surface area contributed by atoms with Gasteiger partial charge in [-0.3, -0.25) is 9.59 Å². The zero-order valence-corrected chi connectivity index (χ0v) is 24.9. The van der Waals surface area contributed by atoms with E-state index in [-0.39, 0.29) is 11.9 Å². The van der Waals surface area contributed by atoms with E-state index in [0.29, 0.717) is 35.9 Å². The van der Waals surface area contributed by atoms with Gasteiger partial charge in [0.05, 0.1) is 18.1 Å². The normalized spacial score (nSPS) is 27.8. The van der Waals surface area contributed by atoms with Crippen molar-refractivity contribution >= 4 is 11.8 Å². The maximum absolute atomic E-state index is 13.0. The number of carbonyl (C=O) groups excluding carboxylic acids is 2. The molecule has 0 amide bonds. The number of likely N-dealkylation sites (tertiary alicyclic amines) is 1. The Morgan fingerprint density at radius 3 is 1.74 bits per heavy atom. The first-order valence-electron chi connectivity index (χ1n) is 16.3. The summed E-state index contributed by atoms with van der Waals surface area (Å²) in [6.45, 7) is 7.14. The lowest BCUT2D eigenvalue weighted by Crippen LogP contribution is -2.55. The van der Waals surface area contributed by atoms with Crippen LogP contribution in [0.25, 0.3) is 0 Å². The summed E-state index contributed by atoms with van der Waals surface area (Å²) in [6, 6.07) is 0. The number of aliphatic hydroxyl groups is 1. The van der Waals surface area contributed by atoms with E-state index in [9.17, 15) is 14.7 Å². The van der Waals surface area contributed by atoms with Crippen LogP contribution in [0.1, 0.15) is 129 Å². The van der Waals surface area contributed by atoms with Crippen LogP contribution in [0, 0.1) is 35.0 Å². The summed E-state index contributed by atoms with van der Waals surface area (Å²) in [5.74, 6) is 2.26. The van der Waals surface area contributed by atoms with Crippen molar-refractivity contribution in [3.8, 4) is 0 Å². The summed E-state index contributed by atoms with van der Waals surface area (Å²) in [6.07, 6.45) is 20.4. The number of Topliss-reactive ketones (excluding diaryl/α,β-unsaturated/α-hetero) is 1. The van der Waals surface area contributed by atoms with Gasteiger partial charge in [-0.05, 0) is 128 Å². The molecule has 0 aromatic heterocycles. The number of hydrogen-bond donors (Lipinski definition) is 1. The second-order valence-electron chi connectivity index (χ2n) is 14.0. The molecular formula is C33H57NO4. The first-order chi connectivity index (χ1) is 18.3. The quantitative estimate of drug-likeness (QED) is 0.309. The zero-order chi connectivity index (χ0) is 27.2. The smallest absolute Gasteiger partial charge is 0.311 e. The van der Waals surface area contributed by atoms with Gasteiger partial charge in [-0.2, -0.15) is 0 Å². The molecule has 1 N–H and O–H groups in total. The van der Waals surface area contributed by atoms with Gasteiger partial charge in [0, 0.05) is 12.3 Å². The van der Waals surface area contributed by atoms with Crippen LogP contribution < -0.4 is 0 Å². The molecule has 0 aromatic rings. The second kappa shape index (κ2) is 13.6. The van der Waals surface area contributed by atoms with E-state index < -0.39 is 11.0 Å². The molecule has 218 valence electrons. The number of ether oxygens (including phenoxy) is 1. The van der Waals surface area contributed by atoms with E-state index in [1.165, 1.54) is 71.3 Å². The molecule has 3 aliphatic carbocycles. The van der Waals surface area contributed by atoms with Crippen molar-refractivity contribution in [1.82, 2.24) is 4.90 Å². The van der Waals surface area contributed by atoms with E-state index in [1.807, 2.05) is 13.8 Å². The van der Waals surface area contributed by atoms with Gasteiger partial charge in [0.15, 0.2) is 0 Å². The molecule has 4 rings (SSSR count). The molecule has 1 saturated heterocycles. The Morgan fingerprint density at radius 2 is 1.24 bits per heavy atom. The van der Waals surface area contributed by atoms with Crippen molar-refractivity contribution in [2.45, 2.75) is 135 Å². The van der Waals surface area contributed by atoms with Gasteiger partial charge in [0.1, 0.15) is 5.78 Å². The summed E-state index contributed by atoms with van der Waals surface area (Å²) in [5, 5.41) is 12.4. The number of nitrogens with zero attached hydrogens (tertiary/aromatic N) is 1. The molecule has 38 heavy (non-hydrogen) atoms. The molecule has 1 heterocycles. The minimum absolute atomic E-state index is 0.132. The Bertz CT molecular complexity index is 733. The average molecular weight is 532 g/mol. The third-order valence-electron chi connectivity index (χ3n) is 11.6. The molecule has 0 atom stereocenters. The van der Waals surface area contributed by atoms with Crippen LogP contribution in [-0.2, 0) is 14.3 Å². The Morgan fingerprint density at radius 1 is 0.737 bits per heavy atom. The summed E-state index contributed by atoms with van der Waals surface area (Å²) >= 11 is 0. The van der Waals surface area contributed by atoms with E-state index in [4.69, 9.17) is 4.74 Å². The number of piperidine rings is 1. The predicted molar refractivity (Wildman–Crippen MR) is 153 cm³/mol. The highest BCUT2D eigenvalue weighted by molar-refractivity contribution is 5.81. The molecule has 0 aromatic carbocycles. The highest BCUT2D eigenvalue weighted by Crippen LogP contribution is 2.49. The van der Waals surface area contributed by atoms with Gasteiger partial charge in [0.2, 0.25) is 0 Å². The molecular weight excluding hydrogens is 474 g/mol. The number of rotatable bonds is 10. The summed E-state index contributed by atoms with van der Waals surface area (Å²) in [4.78, 5) is 27.7. The monoisotopic (exact) mass is 531 g/mol. The van der Waals surface area contributed by atoms with Crippen molar-refractivity contribution in [2.75, 3.05) is 26.7 Å². The zero-order valence-electron chi connectivity index (χ0n) is 24.9. The minimum atomic E-state index is -0.463. The third-order valence-corrected chi connectivity index (χ3v) is 11.6. The maximum atomic E-state index is 13.0. The summed E-state index contributed by atoms with van der Waals surface area (Å²) < 4.78 is 5.02. The van der Waals surface area contributed by atoms with Crippen LogP contribution in [0.2, 0.25) is 0 Å². The highest BCUT2D eigenvalue weighted by atomic mass is 16.5. The molecule has 5 heteroatoms. The minimum Gasteiger partial charge on any atom is -0.469 e. The third kappa shape index (κ3) is 6.85. The van der Waals surface area contributed by atoms with Crippen molar-refractivity contribution in [3.05, 3.63) is 0 Å². The van der Waals surface area contributed by atoms with Gasteiger partial charge in [-0.25, -0.2) is 0 Å². The topological polar surface area (TPSA) is 66.8 Å². The van der Waals surface area contributed by atoms with Crippen LogP contribution in [-0.4, -0.2) is 54.1 Å². The number of hydrogen-bond acceptors (Lipinski definition) is 5. The highest BCUT2D eigenvalue weighted by Gasteiger charge is 2.50. The number of ketones is 1. The van der Waals surface area contributed by atoms with Crippen molar-refractivity contribution < 1.29 is 19.4 Å². The Labute approximate surface area is 232 Å². The second-order valence-corrected chi connectivity index (χ2v) is 14.0. The van der Waals surface area contributed by atoms with E-state index in [1.54, 1.807) is 0 Å². The van der Waals surface area contributed by atoms with E-state index in [2.05, 4.69) is 4.90 Å². The molecule has 0 spiro atoms. The Kier molecular flexibility index (Phi) is 10.8. The predicted octanol–water partition coefficient (Wildman–Crippen LogP) is 6.95. The standard InChI is InChI=1S/C33H57NO4/c1-32(2,31(36)38-3)26-18-16-25(17-19-26)30(35)15-10-22-34-23-20-29(21-24-34)33(37,27-11-6-4-7-12-27)28-13-8-5-9-14-28/h25-29,37H,4-24H2,1-3H3. The average Bonchev–Trinajstić information content (AvgIpc) is 2.97. The molecule has 4 aliphatic rings. The lowest BCUT2D eigenvalue weighted by Gasteiger charge is -2.52. The fourth-order valence-electron chi connectivity index (χ4n) is 9.00. The van der Waals surface area contributed by atoms with Gasteiger partial charge < -0.3 is 14.7 Å². The molecule has 0 bridgehead atoms. The van der Waals surface area contributed by atoms with E-state index in [0.717, 1.165) is 64.6 Å². The van der Waals surface area contributed by atoms with Gasteiger partial charge in [-0.15, -0.1) is 0 Å². The summed E-state index contributed by atoms with van der Waals surface area (Å²) in [5.41, 5.74) is -0.904. The van der Waals surface area contributed by atoms with Gasteiger partial charge in [0.25, 0.3) is 0 Å². The first-order valence-corrected chi connectivity index (χ1v) is 16.3. The van der Waals surface area contributed by atoms with Crippen LogP contribution in [0.5, 0.6) is 0 Å². The van der Waals surface area contributed by atoms with Crippen molar-refractivity contribution in [1.29, 1.82) is 0 Å². The number of methoxy groups -OCH3 is 1. The fourth-order valence-corrected chi connectivity index (χ4v) is 9.00. The Hall–Kier alpha value is -0.940. The van der Waals surface area contributed by atoms with Crippen LogP contribution in [0.4, 0.5) is 0 Å². The van der Waals surface area contributed by atoms with Crippen LogP contribution in [0.15, 0.2) is 0 Å². The number of esters is 1. The number of carbonyl (C=O) groups is 2. The van der Waals surface area contributed by atoms with Crippen LogP contribution in [0.3, 0.4) is 0 Å². The van der Waals surface area contributed by atoms with Gasteiger partial charge >= 0.3 is 5.97 Å². The first kappa shape index (κ1) is 30.0. The molecule has 3 saturated carbocycles. The maximum Gasteiger partial charge on any atom is 0.311 e. The SMILES string of the molecule is COC(=O)C(C)(C)C1CCC(C(=O)CCCN2CCC(C(O)(C3CCCCC3)C3CCCCC3)CC2)CC1.